The molecular formula is C17H30O3Si. The van der Waals surface area contributed by atoms with Crippen LogP contribution in [0.5, 0.6) is 0 Å². The fraction of sp³-hybridized carbons (Fsp3) is 0.647. The van der Waals surface area contributed by atoms with E-state index in [0.29, 0.717) is 26.2 Å². The third kappa shape index (κ3) is 6.74. The molecule has 0 saturated carbocycles. The predicted octanol–water partition coefficient (Wildman–Crippen LogP) is 3.98. The van der Waals surface area contributed by atoms with Crippen molar-refractivity contribution in [3.8, 4) is 0 Å². The van der Waals surface area contributed by atoms with Gasteiger partial charge in [-0.3, -0.25) is 0 Å². The molecule has 0 bridgehead atoms. The van der Waals surface area contributed by atoms with E-state index in [0.717, 1.165) is 5.56 Å². The zero-order valence-electron chi connectivity index (χ0n) is 14.1. The van der Waals surface area contributed by atoms with Gasteiger partial charge >= 0.3 is 0 Å². The zero-order valence-corrected chi connectivity index (χ0v) is 15.1. The van der Waals surface area contributed by atoms with Crippen molar-refractivity contribution < 1.29 is 14.3 Å². The fourth-order valence-corrected chi connectivity index (χ4v) is 2.70. The number of benzene rings is 1. The van der Waals surface area contributed by atoms with Gasteiger partial charge in [0, 0.05) is 6.61 Å². The normalized spacial score (nSPS) is 14.2. The van der Waals surface area contributed by atoms with Gasteiger partial charge in [0.15, 0.2) is 8.32 Å². The second kappa shape index (κ2) is 8.08. The van der Waals surface area contributed by atoms with Crippen LogP contribution >= 0.6 is 0 Å². The van der Waals surface area contributed by atoms with Gasteiger partial charge in [0.25, 0.3) is 0 Å². The minimum atomic E-state index is -1.71. The molecule has 3 nitrogen and oxygen atoms in total. The van der Waals surface area contributed by atoms with Gasteiger partial charge < -0.3 is 14.3 Å². The number of hydrogen-bond acceptors (Lipinski definition) is 3. The summed E-state index contributed by atoms with van der Waals surface area (Å²) in [6.07, 6.45) is 0.167. The van der Waals surface area contributed by atoms with E-state index in [9.17, 15) is 5.11 Å². The Labute approximate surface area is 130 Å². The number of aliphatic hydroxyl groups excluding tert-OH is 1. The summed E-state index contributed by atoms with van der Waals surface area (Å²) >= 11 is 0. The van der Waals surface area contributed by atoms with Crippen LogP contribution in [0.1, 0.15) is 32.8 Å². The van der Waals surface area contributed by atoms with Crippen molar-refractivity contribution in [2.75, 3.05) is 13.2 Å². The molecule has 1 aromatic carbocycles. The molecule has 0 unspecified atom stereocenters. The smallest absolute Gasteiger partial charge is 0.191 e. The first-order valence-corrected chi connectivity index (χ1v) is 10.6. The first-order valence-electron chi connectivity index (χ1n) is 7.66. The average molecular weight is 311 g/mol. The van der Waals surface area contributed by atoms with Crippen LogP contribution in [0.4, 0.5) is 0 Å². The van der Waals surface area contributed by atoms with E-state index in [4.69, 9.17) is 9.16 Å². The quantitative estimate of drug-likeness (QED) is 0.738. The maximum absolute atomic E-state index is 9.94. The lowest BCUT2D eigenvalue weighted by atomic mass is 10.2. The monoisotopic (exact) mass is 310 g/mol. The van der Waals surface area contributed by atoms with Gasteiger partial charge in [0.05, 0.1) is 19.3 Å². The van der Waals surface area contributed by atoms with Crippen molar-refractivity contribution in [3.05, 3.63) is 35.9 Å². The molecule has 0 amide bonds. The third-order valence-electron chi connectivity index (χ3n) is 4.14. The highest BCUT2D eigenvalue weighted by atomic mass is 28.4. The second-order valence-corrected chi connectivity index (χ2v) is 11.9. The molecule has 0 radical (unpaired) electrons. The molecule has 0 saturated heterocycles. The summed E-state index contributed by atoms with van der Waals surface area (Å²) in [7, 11) is -1.71. The molecule has 21 heavy (non-hydrogen) atoms. The van der Waals surface area contributed by atoms with Crippen molar-refractivity contribution in [2.45, 2.75) is 58.0 Å². The van der Waals surface area contributed by atoms with Crippen LogP contribution in [0.25, 0.3) is 0 Å². The molecule has 1 aromatic rings. The van der Waals surface area contributed by atoms with Gasteiger partial charge in [-0.1, -0.05) is 51.1 Å². The Balaban J connectivity index is 2.18. The van der Waals surface area contributed by atoms with Crippen molar-refractivity contribution in [2.24, 2.45) is 0 Å². The molecule has 0 spiro atoms. The van der Waals surface area contributed by atoms with E-state index < -0.39 is 14.4 Å². The van der Waals surface area contributed by atoms with Gasteiger partial charge in [-0.05, 0) is 30.1 Å². The van der Waals surface area contributed by atoms with Crippen molar-refractivity contribution in [1.29, 1.82) is 0 Å². The lowest BCUT2D eigenvalue weighted by Gasteiger charge is -2.36. The summed E-state index contributed by atoms with van der Waals surface area (Å²) in [6, 6.07) is 10.0. The Morgan fingerprint density at radius 3 is 2.33 bits per heavy atom. The highest BCUT2D eigenvalue weighted by Crippen LogP contribution is 2.36. The van der Waals surface area contributed by atoms with Crippen molar-refractivity contribution in [3.63, 3.8) is 0 Å². The van der Waals surface area contributed by atoms with Gasteiger partial charge in [-0.2, -0.15) is 0 Å². The van der Waals surface area contributed by atoms with Crippen LogP contribution in [0, 0.1) is 0 Å². The van der Waals surface area contributed by atoms with E-state index in [1.807, 2.05) is 30.3 Å². The Hall–Kier alpha value is -0.683. The highest BCUT2D eigenvalue weighted by Gasteiger charge is 2.36. The third-order valence-corrected chi connectivity index (χ3v) is 8.68. The first-order chi connectivity index (χ1) is 9.72. The zero-order chi connectivity index (χ0) is 15.9. The summed E-state index contributed by atoms with van der Waals surface area (Å²) < 4.78 is 11.6. The molecule has 1 atom stereocenters. The van der Waals surface area contributed by atoms with Gasteiger partial charge in [0.1, 0.15) is 0 Å². The van der Waals surface area contributed by atoms with Gasteiger partial charge in [0.2, 0.25) is 0 Å². The molecule has 4 heteroatoms. The number of rotatable bonds is 8. The van der Waals surface area contributed by atoms with Crippen LogP contribution < -0.4 is 0 Å². The predicted molar refractivity (Wildman–Crippen MR) is 89.9 cm³/mol. The van der Waals surface area contributed by atoms with Crippen LogP contribution in [0.2, 0.25) is 18.1 Å². The second-order valence-electron chi connectivity index (χ2n) is 7.05. The van der Waals surface area contributed by atoms with Crippen molar-refractivity contribution in [1.82, 2.24) is 0 Å². The van der Waals surface area contributed by atoms with Crippen molar-refractivity contribution >= 4 is 8.32 Å². The average Bonchev–Trinajstić information content (AvgIpc) is 2.38. The largest absolute Gasteiger partial charge is 0.417 e. The van der Waals surface area contributed by atoms with Crippen LogP contribution in [-0.2, 0) is 15.8 Å². The standard InChI is InChI=1S/C17H30O3Si/c1-17(2,3)21(4,5)20-12-11-16(18)14-19-13-15-9-7-6-8-10-15/h6-10,16,18H,11-14H2,1-5H3/t16-/m0/s1. The Bertz CT molecular complexity index is 398. The molecule has 0 aliphatic carbocycles. The van der Waals surface area contributed by atoms with Crippen LogP contribution in [-0.4, -0.2) is 32.7 Å². The van der Waals surface area contributed by atoms with Crippen LogP contribution in [0.3, 0.4) is 0 Å². The van der Waals surface area contributed by atoms with E-state index in [-0.39, 0.29) is 5.04 Å². The van der Waals surface area contributed by atoms with Gasteiger partial charge in [-0.15, -0.1) is 0 Å². The molecule has 0 heterocycles. The number of aliphatic hydroxyl groups is 1. The maximum atomic E-state index is 9.94. The fourth-order valence-electron chi connectivity index (χ4n) is 1.64. The lowest BCUT2D eigenvalue weighted by Crippen LogP contribution is -2.41. The SMILES string of the molecule is CC(C)(C)[Si](C)(C)OCC[C@H](O)COCc1ccccc1. The first kappa shape index (κ1) is 18.4. The molecule has 120 valence electrons. The number of ether oxygens (including phenoxy) is 1. The molecule has 0 aromatic heterocycles. The topological polar surface area (TPSA) is 38.7 Å². The highest BCUT2D eigenvalue weighted by molar-refractivity contribution is 6.74. The van der Waals surface area contributed by atoms with E-state index in [2.05, 4.69) is 33.9 Å². The molecule has 0 fully saturated rings. The summed E-state index contributed by atoms with van der Waals surface area (Å²) in [6.45, 7) is 12.6. The molecule has 1 rings (SSSR count). The number of hydrogen-bond donors (Lipinski definition) is 1. The van der Waals surface area contributed by atoms with E-state index in [1.165, 1.54) is 0 Å². The Morgan fingerprint density at radius 2 is 1.76 bits per heavy atom. The molecule has 1 N–H and O–H groups in total. The molecule has 0 aliphatic rings. The Kier molecular flexibility index (Phi) is 7.07. The minimum Gasteiger partial charge on any atom is -0.417 e. The Morgan fingerprint density at radius 1 is 1.14 bits per heavy atom. The summed E-state index contributed by atoms with van der Waals surface area (Å²) in [4.78, 5) is 0. The minimum absolute atomic E-state index is 0.210. The lowest BCUT2D eigenvalue weighted by molar-refractivity contribution is 0.0176. The van der Waals surface area contributed by atoms with Gasteiger partial charge in [-0.25, -0.2) is 0 Å². The summed E-state index contributed by atoms with van der Waals surface area (Å²) in [5.41, 5.74) is 1.13. The maximum Gasteiger partial charge on any atom is 0.191 e. The molecular weight excluding hydrogens is 280 g/mol. The van der Waals surface area contributed by atoms with E-state index >= 15 is 0 Å². The summed E-state index contributed by atoms with van der Waals surface area (Å²) in [5, 5.41) is 10.1. The molecule has 0 aliphatic heterocycles. The van der Waals surface area contributed by atoms with Crippen LogP contribution in [0.15, 0.2) is 30.3 Å². The van der Waals surface area contributed by atoms with E-state index in [1.54, 1.807) is 0 Å². The summed E-state index contributed by atoms with van der Waals surface area (Å²) in [5.74, 6) is 0.